The molecule has 1 aliphatic heterocycles. The molecule has 1 unspecified atom stereocenters. The van der Waals surface area contributed by atoms with Gasteiger partial charge in [-0.1, -0.05) is 23.9 Å². The van der Waals surface area contributed by atoms with Crippen LogP contribution in [0.3, 0.4) is 0 Å². The molecule has 1 aliphatic rings. The molecule has 1 amide bonds. The number of ether oxygens (including phenoxy) is 1. The maximum Gasteiger partial charge on any atom is 0.288 e. The quantitative estimate of drug-likeness (QED) is 0.694. The standard InChI is InChI=1S/C18H26F2N2O2S/c1-13(2)22(11-14-7-5-6-10-24-14)12-17(23)21-15-8-3-4-9-16(15)25-18(19)20/h3-4,8-9,13-14,18H,5-7,10-12H2,1-2H3,(H,21,23). The van der Waals surface area contributed by atoms with Crippen LogP contribution in [0.25, 0.3) is 0 Å². The van der Waals surface area contributed by atoms with Crippen LogP contribution < -0.4 is 5.32 Å². The Morgan fingerprint density at radius 2 is 2.12 bits per heavy atom. The van der Waals surface area contributed by atoms with Gasteiger partial charge in [0, 0.05) is 24.1 Å². The largest absolute Gasteiger partial charge is 0.377 e. The van der Waals surface area contributed by atoms with Gasteiger partial charge in [0.25, 0.3) is 5.76 Å². The minimum atomic E-state index is -2.52. The second-order valence-corrected chi connectivity index (χ2v) is 7.47. The number of thioether (sulfide) groups is 1. The second-order valence-electron chi connectivity index (χ2n) is 6.43. The zero-order valence-electron chi connectivity index (χ0n) is 14.7. The molecule has 1 fully saturated rings. The molecule has 0 radical (unpaired) electrons. The molecule has 1 saturated heterocycles. The van der Waals surface area contributed by atoms with E-state index in [0.29, 0.717) is 28.9 Å². The van der Waals surface area contributed by atoms with E-state index in [-0.39, 0.29) is 24.6 Å². The van der Waals surface area contributed by atoms with Crippen LogP contribution in [-0.2, 0) is 9.53 Å². The van der Waals surface area contributed by atoms with E-state index in [1.807, 2.05) is 13.8 Å². The van der Waals surface area contributed by atoms with Gasteiger partial charge in [-0.15, -0.1) is 0 Å². The number of carbonyl (C=O) groups is 1. The molecule has 2 rings (SSSR count). The fraction of sp³-hybridized carbons (Fsp3) is 0.611. The molecule has 0 bridgehead atoms. The molecule has 0 saturated carbocycles. The van der Waals surface area contributed by atoms with E-state index < -0.39 is 5.76 Å². The summed E-state index contributed by atoms with van der Waals surface area (Å²) in [4.78, 5) is 14.9. The van der Waals surface area contributed by atoms with Crippen molar-refractivity contribution in [2.45, 2.75) is 55.9 Å². The van der Waals surface area contributed by atoms with E-state index in [2.05, 4.69) is 10.2 Å². The molecule has 0 spiro atoms. The number of carbonyl (C=O) groups excluding carboxylic acids is 1. The maximum atomic E-state index is 12.6. The van der Waals surface area contributed by atoms with Crippen LogP contribution in [0.5, 0.6) is 0 Å². The number of para-hydroxylation sites is 1. The molecule has 4 nitrogen and oxygen atoms in total. The van der Waals surface area contributed by atoms with Crippen LogP contribution in [0.2, 0.25) is 0 Å². The number of rotatable bonds is 8. The molecule has 1 heterocycles. The van der Waals surface area contributed by atoms with E-state index in [4.69, 9.17) is 4.74 Å². The average molecular weight is 372 g/mol. The highest BCUT2D eigenvalue weighted by molar-refractivity contribution is 7.99. The molecule has 0 aromatic heterocycles. The predicted molar refractivity (Wildman–Crippen MR) is 97.2 cm³/mol. The molecule has 1 atom stereocenters. The van der Waals surface area contributed by atoms with Crippen molar-refractivity contribution in [2.75, 3.05) is 25.0 Å². The van der Waals surface area contributed by atoms with Gasteiger partial charge in [0.2, 0.25) is 5.91 Å². The van der Waals surface area contributed by atoms with Crippen LogP contribution in [0, 0.1) is 0 Å². The summed E-state index contributed by atoms with van der Waals surface area (Å²) in [6.07, 6.45) is 3.42. The third-order valence-corrected chi connectivity index (χ3v) is 4.95. The first-order chi connectivity index (χ1) is 12.0. The van der Waals surface area contributed by atoms with Gasteiger partial charge < -0.3 is 10.1 Å². The zero-order valence-corrected chi connectivity index (χ0v) is 15.5. The van der Waals surface area contributed by atoms with Crippen molar-refractivity contribution in [3.8, 4) is 0 Å². The fourth-order valence-corrected chi connectivity index (χ4v) is 3.41. The van der Waals surface area contributed by atoms with Crippen molar-refractivity contribution >= 4 is 23.4 Å². The maximum absolute atomic E-state index is 12.6. The van der Waals surface area contributed by atoms with Gasteiger partial charge in [0.05, 0.1) is 18.3 Å². The molecule has 0 aliphatic carbocycles. The lowest BCUT2D eigenvalue weighted by Crippen LogP contribution is -2.43. The number of nitrogens with one attached hydrogen (secondary N) is 1. The number of amides is 1. The van der Waals surface area contributed by atoms with Gasteiger partial charge >= 0.3 is 0 Å². The molecule has 25 heavy (non-hydrogen) atoms. The lowest BCUT2D eigenvalue weighted by atomic mass is 10.1. The summed E-state index contributed by atoms with van der Waals surface area (Å²) in [7, 11) is 0. The van der Waals surface area contributed by atoms with Gasteiger partial charge in [-0.25, -0.2) is 0 Å². The van der Waals surface area contributed by atoms with Crippen molar-refractivity contribution in [1.29, 1.82) is 0 Å². The SMILES string of the molecule is CC(C)N(CC(=O)Nc1ccccc1SC(F)F)CC1CCCCO1. The van der Waals surface area contributed by atoms with Gasteiger partial charge in [-0.3, -0.25) is 9.69 Å². The van der Waals surface area contributed by atoms with Crippen LogP contribution in [0.4, 0.5) is 14.5 Å². The monoisotopic (exact) mass is 372 g/mol. The first-order valence-electron chi connectivity index (χ1n) is 8.65. The van der Waals surface area contributed by atoms with Crippen molar-refractivity contribution in [1.82, 2.24) is 4.90 Å². The number of benzene rings is 1. The Morgan fingerprint density at radius 3 is 2.76 bits per heavy atom. The summed E-state index contributed by atoms with van der Waals surface area (Å²) in [6, 6.07) is 6.83. The van der Waals surface area contributed by atoms with Gasteiger partial charge in [0.15, 0.2) is 0 Å². The van der Waals surface area contributed by atoms with Crippen molar-refractivity contribution in [3.63, 3.8) is 0 Å². The summed E-state index contributed by atoms with van der Waals surface area (Å²) in [5.74, 6) is -2.72. The summed E-state index contributed by atoms with van der Waals surface area (Å²) in [5, 5.41) is 2.76. The number of halogens is 2. The normalized spacial score (nSPS) is 18.1. The molecule has 1 N–H and O–H groups in total. The highest BCUT2D eigenvalue weighted by Gasteiger charge is 2.22. The molecular weight excluding hydrogens is 346 g/mol. The van der Waals surface area contributed by atoms with E-state index in [1.54, 1.807) is 24.3 Å². The summed E-state index contributed by atoms with van der Waals surface area (Å²) in [5.41, 5.74) is 0.426. The topological polar surface area (TPSA) is 41.6 Å². The Kier molecular flexibility index (Phi) is 8.12. The molecule has 7 heteroatoms. The predicted octanol–water partition coefficient (Wildman–Crippen LogP) is 4.22. The first kappa shape index (κ1) is 20.1. The van der Waals surface area contributed by atoms with E-state index in [9.17, 15) is 13.6 Å². The molecule has 140 valence electrons. The Bertz CT molecular complexity index is 552. The highest BCUT2D eigenvalue weighted by Crippen LogP contribution is 2.31. The zero-order chi connectivity index (χ0) is 18.2. The van der Waals surface area contributed by atoms with Gasteiger partial charge in [0.1, 0.15) is 0 Å². The highest BCUT2D eigenvalue weighted by atomic mass is 32.2. The number of alkyl halides is 2. The van der Waals surface area contributed by atoms with Crippen LogP contribution >= 0.6 is 11.8 Å². The van der Waals surface area contributed by atoms with E-state index in [0.717, 1.165) is 25.9 Å². The van der Waals surface area contributed by atoms with Crippen molar-refractivity contribution in [2.24, 2.45) is 0 Å². The molecule has 1 aromatic rings. The number of hydrogen-bond donors (Lipinski definition) is 1. The van der Waals surface area contributed by atoms with Crippen molar-refractivity contribution in [3.05, 3.63) is 24.3 Å². The minimum absolute atomic E-state index is 0.158. The van der Waals surface area contributed by atoms with Crippen LogP contribution in [0.1, 0.15) is 33.1 Å². The third-order valence-electron chi connectivity index (χ3n) is 4.17. The Balaban J connectivity index is 1.94. The van der Waals surface area contributed by atoms with Gasteiger partial charge in [-0.05, 0) is 45.2 Å². The second kappa shape index (κ2) is 10.1. The lowest BCUT2D eigenvalue weighted by molar-refractivity contribution is -0.118. The Hall–Kier alpha value is -1.18. The minimum Gasteiger partial charge on any atom is -0.377 e. The first-order valence-corrected chi connectivity index (χ1v) is 9.53. The van der Waals surface area contributed by atoms with E-state index >= 15 is 0 Å². The lowest BCUT2D eigenvalue weighted by Gasteiger charge is -2.32. The van der Waals surface area contributed by atoms with Crippen molar-refractivity contribution < 1.29 is 18.3 Å². The van der Waals surface area contributed by atoms with Gasteiger partial charge in [-0.2, -0.15) is 8.78 Å². The smallest absolute Gasteiger partial charge is 0.288 e. The molecular formula is C18H26F2N2O2S. The average Bonchev–Trinajstić information content (AvgIpc) is 2.56. The summed E-state index contributed by atoms with van der Waals surface area (Å²) >= 11 is 0.439. The van der Waals surface area contributed by atoms with Crippen LogP contribution in [0.15, 0.2) is 29.2 Å². The number of nitrogens with zero attached hydrogens (tertiary/aromatic N) is 1. The van der Waals surface area contributed by atoms with E-state index in [1.165, 1.54) is 0 Å². The molecule has 1 aromatic carbocycles. The van der Waals surface area contributed by atoms with Crippen LogP contribution in [-0.4, -0.2) is 48.4 Å². The fourth-order valence-electron chi connectivity index (χ4n) is 2.81. The summed E-state index contributed by atoms with van der Waals surface area (Å²) in [6.45, 7) is 5.78. The summed E-state index contributed by atoms with van der Waals surface area (Å²) < 4.78 is 31.0. The Morgan fingerprint density at radius 1 is 1.36 bits per heavy atom. The number of hydrogen-bond acceptors (Lipinski definition) is 4. The Labute approximate surface area is 152 Å². The third kappa shape index (κ3) is 6.92. The number of anilines is 1.